The lowest BCUT2D eigenvalue weighted by molar-refractivity contribution is -0.0408. The summed E-state index contributed by atoms with van der Waals surface area (Å²) < 4.78 is 0. The number of fused-ring (bicyclic) bond motifs is 2. The first kappa shape index (κ1) is 31.2. The van der Waals surface area contributed by atoms with Gasteiger partial charge in [0.15, 0.2) is 11.6 Å². The number of nitrogen functional groups attached to an aromatic ring is 2. The molecule has 0 unspecified atom stereocenters. The van der Waals surface area contributed by atoms with Crippen molar-refractivity contribution in [3.63, 3.8) is 0 Å². The molecule has 11 heteroatoms. The van der Waals surface area contributed by atoms with Crippen LogP contribution < -0.4 is 11.5 Å². The van der Waals surface area contributed by atoms with Gasteiger partial charge in [-0.2, -0.15) is 10.2 Å². The first-order chi connectivity index (χ1) is 23.1. The third-order valence-corrected chi connectivity index (χ3v) is 9.58. The van der Waals surface area contributed by atoms with Gasteiger partial charge in [0.1, 0.15) is 12.2 Å². The van der Waals surface area contributed by atoms with E-state index in [0.29, 0.717) is 24.5 Å². The molecule has 3 heterocycles. The van der Waals surface area contributed by atoms with E-state index in [1.54, 1.807) is 9.80 Å². The molecule has 0 saturated carbocycles. The maximum atomic E-state index is 15.1. The van der Waals surface area contributed by atoms with E-state index in [0.717, 1.165) is 55.2 Å². The number of benzene rings is 4. The number of anilines is 2. The summed E-state index contributed by atoms with van der Waals surface area (Å²) in [6.07, 6.45) is -1.79. The van der Waals surface area contributed by atoms with Gasteiger partial charge in [-0.25, -0.2) is 4.79 Å². The highest BCUT2D eigenvalue weighted by Crippen LogP contribution is 2.32. The lowest BCUT2D eigenvalue weighted by atomic mass is 9.90. The Labute approximate surface area is 278 Å². The van der Waals surface area contributed by atoms with Gasteiger partial charge >= 0.3 is 6.03 Å². The molecule has 8 N–H and O–H groups in total. The summed E-state index contributed by atoms with van der Waals surface area (Å²) >= 11 is 0. The predicted octanol–water partition coefficient (Wildman–Crippen LogP) is 4.60. The highest BCUT2D eigenvalue weighted by molar-refractivity contribution is 5.90. The Morgan fingerprint density at radius 2 is 1.00 bits per heavy atom. The van der Waals surface area contributed by atoms with Crippen molar-refractivity contribution in [2.24, 2.45) is 0 Å². The molecule has 7 rings (SSSR count). The molecule has 2 aromatic heterocycles. The molecular weight excluding hydrogens is 604 g/mol. The molecule has 1 saturated heterocycles. The molecule has 246 valence electrons. The van der Waals surface area contributed by atoms with Gasteiger partial charge in [0, 0.05) is 23.9 Å². The minimum absolute atomic E-state index is 0.182. The maximum absolute atomic E-state index is 15.1. The Kier molecular flexibility index (Phi) is 8.24. The van der Waals surface area contributed by atoms with E-state index in [1.165, 1.54) is 0 Å². The van der Waals surface area contributed by atoms with E-state index in [-0.39, 0.29) is 19.1 Å². The van der Waals surface area contributed by atoms with Crippen molar-refractivity contribution >= 4 is 39.5 Å². The molecule has 4 aromatic carbocycles. The molecule has 2 amide bonds. The van der Waals surface area contributed by atoms with Gasteiger partial charge in [-0.15, -0.1) is 0 Å². The molecule has 1 fully saturated rings. The highest BCUT2D eigenvalue weighted by atomic mass is 16.3. The Hall–Kier alpha value is -5.39. The molecule has 48 heavy (non-hydrogen) atoms. The number of urea groups is 1. The standard InChI is InChI=1S/C37H40N8O3/c1-21-3-7-23(8-4-21)17-31-33(46)34(47)32(18-24-9-5-22(2)6-10-24)45(20-26-12-14-30-28(16-26)36(39)43-41-30)37(48)44(31)19-25-11-13-29-27(15-25)35(38)42-40-29/h3-16,31-34,46-47H,17-20H2,1-2H3,(H3,38,40,42)(H3,39,41,43)/t31-,32-,33+,34+/m1/s1. The third kappa shape index (κ3) is 6.05. The van der Waals surface area contributed by atoms with E-state index in [2.05, 4.69) is 20.4 Å². The number of hydrogen-bond donors (Lipinski definition) is 6. The van der Waals surface area contributed by atoms with Crippen LogP contribution in [0.4, 0.5) is 16.4 Å². The summed E-state index contributed by atoms with van der Waals surface area (Å²) in [4.78, 5) is 18.5. The lowest BCUT2D eigenvalue weighted by Gasteiger charge is -2.36. The summed E-state index contributed by atoms with van der Waals surface area (Å²) in [5.41, 5.74) is 19.6. The van der Waals surface area contributed by atoms with Crippen LogP contribution in [0, 0.1) is 13.8 Å². The lowest BCUT2D eigenvalue weighted by Crippen LogP contribution is -2.50. The van der Waals surface area contributed by atoms with Crippen molar-refractivity contribution in [3.8, 4) is 0 Å². The van der Waals surface area contributed by atoms with Crippen LogP contribution in [0.1, 0.15) is 33.4 Å². The van der Waals surface area contributed by atoms with E-state index in [4.69, 9.17) is 11.5 Å². The minimum Gasteiger partial charge on any atom is -0.388 e. The third-order valence-electron chi connectivity index (χ3n) is 9.58. The van der Waals surface area contributed by atoms with Gasteiger partial charge in [0.25, 0.3) is 0 Å². The van der Waals surface area contributed by atoms with E-state index < -0.39 is 24.3 Å². The summed E-state index contributed by atoms with van der Waals surface area (Å²) in [6, 6.07) is 25.8. The van der Waals surface area contributed by atoms with Crippen molar-refractivity contribution in [1.82, 2.24) is 30.2 Å². The van der Waals surface area contributed by atoms with Gasteiger partial charge in [-0.3, -0.25) is 10.2 Å². The van der Waals surface area contributed by atoms with E-state index in [1.807, 2.05) is 98.8 Å². The van der Waals surface area contributed by atoms with Crippen molar-refractivity contribution < 1.29 is 15.0 Å². The number of carbonyl (C=O) groups is 1. The molecule has 6 aromatic rings. The first-order valence-electron chi connectivity index (χ1n) is 16.1. The summed E-state index contributed by atoms with van der Waals surface area (Å²) in [5.74, 6) is 0.740. The zero-order valence-corrected chi connectivity index (χ0v) is 27.0. The van der Waals surface area contributed by atoms with Crippen LogP contribution in [0.2, 0.25) is 0 Å². The van der Waals surface area contributed by atoms with Crippen LogP contribution in [-0.2, 0) is 25.9 Å². The van der Waals surface area contributed by atoms with Crippen LogP contribution in [0.15, 0.2) is 84.9 Å². The number of hydrogen-bond acceptors (Lipinski definition) is 7. The molecule has 4 atom stereocenters. The van der Waals surface area contributed by atoms with Gasteiger partial charge < -0.3 is 31.5 Å². The highest BCUT2D eigenvalue weighted by Gasteiger charge is 2.46. The number of aliphatic hydroxyl groups is 2. The van der Waals surface area contributed by atoms with Crippen molar-refractivity contribution in [2.75, 3.05) is 11.5 Å². The second kappa shape index (κ2) is 12.7. The Bertz CT molecular complexity index is 1920. The number of carbonyl (C=O) groups excluding carboxylic acids is 1. The zero-order chi connectivity index (χ0) is 33.5. The number of aromatic amines is 2. The SMILES string of the molecule is Cc1ccc(C[C@@H]2[C@H](O)[C@@H](O)[C@@H](Cc3ccc(C)cc3)N(Cc3ccc4[nH]nc(N)c4c3)C(=O)N2Cc2ccc3[nH]nc(N)c3c2)cc1. The maximum Gasteiger partial charge on any atom is 0.321 e. The monoisotopic (exact) mass is 644 g/mol. The second-order valence-corrected chi connectivity index (χ2v) is 13.0. The van der Waals surface area contributed by atoms with Gasteiger partial charge in [-0.1, -0.05) is 71.8 Å². The topological polar surface area (TPSA) is 173 Å². The minimum atomic E-state index is -1.24. The van der Waals surface area contributed by atoms with Crippen LogP contribution in [-0.4, -0.2) is 70.7 Å². The quantitative estimate of drug-likeness (QED) is 0.140. The summed E-state index contributed by atoms with van der Waals surface area (Å²) in [5, 5.41) is 39.8. The zero-order valence-electron chi connectivity index (χ0n) is 27.0. The van der Waals surface area contributed by atoms with Crippen LogP contribution in [0.25, 0.3) is 21.8 Å². The molecule has 0 radical (unpaired) electrons. The van der Waals surface area contributed by atoms with E-state index >= 15 is 4.79 Å². The number of H-pyrrole nitrogens is 2. The fourth-order valence-corrected chi connectivity index (χ4v) is 6.79. The van der Waals surface area contributed by atoms with Crippen molar-refractivity contribution in [1.29, 1.82) is 0 Å². The average Bonchev–Trinajstić information content (AvgIpc) is 3.64. The van der Waals surface area contributed by atoms with E-state index in [9.17, 15) is 10.2 Å². The van der Waals surface area contributed by atoms with Crippen LogP contribution in [0.5, 0.6) is 0 Å². The number of aliphatic hydroxyl groups excluding tert-OH is 2. The number of amides is 2. The molecule has 1 aliphatic rings. The molecule has 0 spiro atoms. The smallest absolute Gasteiger partial charge is 0.321 e. The Balaban J connectivity index is 1.33. The first-order valence-corrected chi connectivity index (χ1v) is 16.1. The molecular formula is C37H40N8O3. The molecule has 1 aliphatic heterocycles. The number of nitrogens with one attached hydrogen (secondary N) is 2. The molecule has 0 aliphatic carbocycles. The number of aryl methyl sites for hydroxylation is 2. The summed E-state index contributed by atoms with van der Waals surface area (Å²) in [7, 11) is 0. The normalized spacial score (nSPS) is 20.1. The van der Waals surface area contributed by atoms with Gasteiger partial charge in [0.05, 0.1) is 23.1 Å². The van der Waals surface area contributed by atoms with Crippen molar-refractivity contribution in [2.45, 2.75) is 64.1 Å². The number of nitrogens with zero attached hydrogens (tertiary/aromatic N) is 4. The predicted molar refractivity (Wildman–Crippen MR) is 187 cm³/mol. The van der Waals surface area contributed by atoms with Crippen LogP contribution in [0.3, 0.4) is 0 Å². The fourth-order valence-electron chi connectivity index (χ4n) is 6.79. The Morgan fingerprint density at radius 1 is 0.625 bits per heavy atom. The van der Waals surface area contributed by atoms with Crippen LogP contribution >= 0.6 is 0 Å². The van der Waals surface area contributed by atoms with Gasteiger partial charge in [-0.05, 0) is 73.2 Å². The largest absolute Gasteiger partial charge is 0.388 e. The number of nitrogens with two attached hydrogens (primary N) is 2. The second-order valence-electron chi connectivity index (χ2n) is 13.0. The number of aromatic nitrogens is 4. The average molecular weight is 645 g/mol. The number of rotatable bonds is 8. The summed E-state index contributed by atoms with van der Waals surface area (Å²) in [6.45, 7) is 4.40. The Morgan fingerprint density at radius 3 is 1.40 bits per heavy atom. The van der Waals surface area contributed by atoms with Crippen molar-refractivity contribution in [3.05, 3.63) is 118 Å². The molecule has 11 nitrogen and oxygen atoms in total. The fraction of sp³-hybridized carbons (Fsp3) is 0.270. The van der Waals surface area contributed by atoms with Gasteiger partial charge in [0.2, 0.25) is 0 Å². The molecule has 0 bridgehead atoms.